The van der Waals surface area contributed by atoms with Crippen LogP contribution in [-0.4, -0.2) is 11.5 Å². The quantitative estimate of drug-likeness (QED) is 0.677. The Labute approximate surface area is 119 Å². The molecule has 1 aromatic heterocycles. The first-order valence-electron chi connectivity index (χ1n) is 7.27. The van der Waals surface area contributed by atoms with Crippen LogP contribution in [0.2, 0.25) is 0 Å². The summed E-state index contributed by atoms with van der Waals surface area (Å²) >= 11 is 0. The zero-order chi connectivity index (χ0) is 14.1. The number of pyridine rings is 1. The molecule has 2 aromatic carbocycles. The van der Waals surface area contributed by atoms with Crippen molar-refractivity contribution in [1.82, 2.24) is 4.98 Å². The van der Waals surface area contributed by atoms with Crippen LogP contribution in [0, 0.1) is 0 Å². The van der Waals surface area contributed by atoms with Gasteiger partial charge in [-0.1, -0.05) is 50.2 Å². The maximum absolute atomic E-state index is 4.90. The smallest absolute Gasteiger partial charge is 0.130 e. The van der Waals surface area contributed by atoms with Crippen molar-refractivity contribution in [3.8, 4) is 0 Å². The third kappa shape index (κ3) is 2.11. The molecule has 3 aromatic rings. The highest BCUT2D eigenvalue weighted by Gasteiger charge is 2.11. The number of benzene rings is 2. The molecule has 0 aliphatic rings. The largest absolute Gasteiger partial charge is 0.370 e. The van der Waals surface area contributed by atoms with Crippen molar-refractivity contribution in [3.05, 3.63) is 48.0 Å². The van der Waals surface area contributed by atoms with Crippen molar-refractivity contribution >= 4 is 27.5 Å². The molecule has 0 aliphatic carbocycles. The fraction of sp³-hybridized carbons (Fsp3) is 0.278. The van der Waals surface area contributed by atoms with E-state index >= 15 is 0 Å². The van der Waals surface area contributed by atoms with Crippen molar-refractivity contribution in [3.63, 3.8) is 0 Å². The van der Waals surface area contributed by atoms with E-state index in [9.17, 15) is 0 Å². The molecule has 0 saturated heterocycles. The van der Waals surface area contributed by atoms with Crippen LogP contribution in [0.3, 0.4) is 0 Å². The Balaban J connectivity index is 2.35. The molecule has 0 amide bonds. The Morgan fingerprint density at radius 3 is 2.55 bits per heavy atom. The van der Waals surface area contributed by atoms with E-state index in [2.05, 4.69) is 68.6 Å². The molecule has 0 aliphatic heterocycles. The van der Waals surface area contributed by atoms with E-state index in [1.165, 1.54) is 21.7 Å². The van der Waals surface area contributed by atoms with Gasteiger partial charge < -0.3 is 5.32 Å². The van der Waals surface area contributed by atoms with E-state index in [1.807, 2.05) is 0 Å². The molecule has 3 rings (SSSR count). The summed E-state index contributed by atoms with van der Waals surface area (Å²) in [5, 5.41) is 7.08. The average Bonchev–Trinajstić information content (AvgIpc) is 2.46. The minimum atomic E-state index is 0.465. The molecule has 0 saturated carbocycles. The van der Waals surface area contributed by atoms with E-state index in [4.69, 9.17) is 4.98 Å². The Hall–Kier alpha value is -2.09. The SMILES string of the molecule is CCNc1nc2c(ccc3ccccc32)cc1C(C)C. The number of hydrogen-bond acceptors (Lipinski definition) is 2. The van der Waals surface area contributed by atoms with Crippen LogP contribution in [0.25, 0.3) is 21.7 Å². The predicted octanol–water partition coefficient (Wildman–Crippen LogP) is 4.94. The van der Waals surface area contributed by atoms with Crippen LogP contribution in [0.5, 0.6) is 0 Å². The molecular weight excluding hydrogens is 244 g/mol. The van der Waals surface area contributed by atoms with Gasteiger partial charge in [0.2, 0.25) is 0 Å². The second-order valence-electron chi connectivity index (χ2n) is 5.47. The summed E-state index contributed by atoms with van der Waals surface area (Å²) in [5.41, 5.74) is 2.37. The van der Waals surface area contributed by atoms with Crippen molar-refractivity contribution in [2.45, 2.75) is 26.7 Å². The van der Waals surface area contributed by atoms with Gasteiger partial charge in [-0.2, -0.15) is 0 Å². The zero-order valence-electron chi connectivity index (χ0n) is 12.3. The van der Waals surface area contributed by atoms with Gasteiger partial charge in [0.15, 0.2) is 0 Å². The van der Waals surface area contributed by atoms with Gasteiger partial charge in [-0.25, -0.2) is 4.98 Å². The first-order valence-corrected chi connectivity index (χ1v) is 7.27. The highest BCUT2D eigenvalue weighted by atomic mass is 15.0. The molecule has 1 N–H and O–H groups in total. The molecule has 20 heavy (non-hydrogen) atoms. The van der Waals surface area contributed by atoms with E-state index in [0.717, 1.165) is 17.9 Å². The first-order chi connectivity index (χ1) is 9.70. The summed E-state index contributed by atoms with van der Waals surface area (Å²) in [4.78, 5) is 4.90. The highest BCUT2D eigenvalue weighted by molar-refractivity contribution is 6.05. The number of aromatic nitrogens is 1. The molecule has 0 unspecified atom stereocenters. The number of anilines is 1. The lowest BCUT2D eigenvalue weighted by Gasteiger charge is -2.15. The van der Waals surface area contributed by atoms with Crippen molar-refractivity contribution in [1.29, 1.82) is 0 Å². The average molecular weight is 264 g/mol. The number of hydrogen-bond donors (Lipinski definition) is 1. The maximum atomic E-state index is 4.90. The number of nitrogens with one attached hydrogen (secondary N) is 1. The summed E-state index contributed by atoms with van der Waals surface area (Å²) in [6.45, 7) is 7.43. The molecular formula is C18H20N2. The fourth-order valence-corrected chi connectivity index (χ4v) is 2.67. The van der Waals surface area contributed by atoms with Gasteiger partial charge in [0.1, 0.15) is 5.82 Å². The lowest BCUT2D eigenvalue weighted by Crippen LogP contribution is -2.05. The number of rotatable bonds is 3. The highest BCUT2D eigenvalue weighted by Crippen LogP contribution is 2.30. The van der Waals surface area contributed by atoms with E-state index < -0.39 is 0 Å². The monoisotopic (exact) mass is 264 g/mol. The summed E-state index contributed by atoms with van der Waals surface area (Å²) in [5.74, 6) is 1.48. The minimum absolute atomic E-state index is 0.465. The molecule has 2 heteroatoms. The van der Waals surface area contributed by atoms with Gasteiger partial charge in [0.05, 0.1) is 5.52 Å². The summed E-state index contributed by atoms with van der Waals surface area (Å²) in [6, 6.07) is 15.1. The lowest BCUT2D eigenvalue weighted by atomic mass is 9.99. The molecule has 1 heterocycles. The van der Waals surface area contributed by atoms with Gasteiger partial charge in [-0.15, -0.1) is 0 Å². The van der Waals surface area contributed by atoms with Crippen LogP contribution in [-0.2, 0) is 0 Å². The van der Waals surface area contributed by atoms with Crippen LogP contribution < -0.4 is 5.32 Å². The Morgan fingerprint density at radius 2 is 1.80 bits per heavy atom. The number of fused-ring (bicyclic) bond motifs is 3. The Kier molecular flexibility index (Phi) is 3.31. The normalized spacial score (nSPS) is 11.4. The summed E-state index contributed by atoms with van der Waals surface area (Å²) in [6.07, 6.45) is 0. The summed E-state index contributed by atoms with van der Waals surface area (Å²) < 4.78 is 0. The topological polar surface area (TPSA) is 24.9 Å². The minimum Gasteiger partial charge on any atom is -0.370 e. The molecule has 0 fully saturated rings. The van der Waals surface area contributed by atoms with Gasteiger partial charge in [-0.3, -0.25) is 0 Å². The van der Waals surface area contributed by atoms with E-state index in [-0.39, 0.29) is 0 Å². The van der Waals surface area contributed by atoms with Gasteiger partial charge >= 0.3 is 0 Å². The fourth-order valence-electron chi connectivity index (χ4n) is 2.67. The standard InChI is InChI=1S/C18H20N2/c1-4-19-18-16(12(2)3)11-14-10-9-13-7-5-6-8-15(13)17(14)20-18/h5-12H,4H2,1-3H3,(H,19,20). The third-order valence-electron chi connectivity index (χ3n) is 3.71. The zero-order valence-corrected chi connectivity index (χ0v) is 12.3. The van der Waals surface area contributed by atoms with Crippen LogP contribution in [0.4, 0.5) is 5.82 Å². The molecule has 0 spiro atoms. The third-order valence-corrected chi connectivity index (χ3v) is 3.71. The lowest BCUT2D eigenvalue weighted by molar-refractivity contribution is 0.862. The molecule has 0 bridgehead atoms. The molecule has 102 valence electrons. The van der Waals surface area contributed by atoms with Crippen molar-refractivity contribution < 1.29 is 0 Å². The van der Waals surface area contributed by atoms with Crippen LogP contribution >= 0.6 is 0 Å². The summed E-state index contributed by atoms with van der Waals surface area (Å²) in [7, 11) is 0. The first kappa shape index (κ1) is 12.9. The Morgan fingerprint density at radius 1 is 1.05 bits per heavy atom. The molecule has 0 atom stereocenters. The van der Waals surface area contributed by atoms with Gasteiger partial charge in [0.25, 0.3) is 0 Å². The second kappa shape index (κ2) is 5.12. The van der Waals surface area contributed by atoms with E-state index in [1.54, 1.807) is 0 Å². The molecule has 2 nitrogen and oxygen atoms in total. The van der Waals surface area contributed by atoms with E-state index in [0.29, 0.717) is 5.92 Å². The van der Waals surface area contributed by atoms with Gasteiger partial charge in [0, 0.05) is 17.3 Å². The molecule has 0 radical (unpaired) electrons. The Bertz CT molecular complexity index is 760. The predicted molar refractivity (Wildman–Crippen MR) is 87.5 cm³/mol. The van der Waals surface area contributed by atoms with Crippen molar-refractivity contribution in [2.24, 2.45) is 0 Å². The van der Waals surface area contributed by atoms with Gasteiger partial charge in [-0.05, 0) is 29.9 Å². The van der Waals surface area contributed by atoms with Crippen LogP contribution in [0.15, 0.2) is 42.5 Å². The number of nitrogens with zero attached hydrogens (tertiary/aromatic N) is 1. The van der Waals surface area contributed by atoms with Crippen LogP contribution in [0.1, 0.15) is 32.3 Å². The van der Waals surface area contributed by atoms with Crippen molar-refractivity contribution in [2.75, 3.05) is 11.9 Å². The second-order valence-corrected chi connectivity index (χ2v) is 5.47. The maximum Gasteiger partial charge on any atom is 0.130 e.